The quantitative estimate of drug-likeness (QED) is 0.416. The summed E-state index contributed by atoms with van der Waals surface area (Å²) < 4.78 is 16.2. The fourth-order valence-corrected chi connectivity index (χ4v) is 1.39. The Morgan fingerprint density at radius 1 is 0.815 bits per heavy atom. The SMILES string of the molecule is CC=C(C)OC(C)(C)C.CC=C(C)OC(C)CC.CC=C(C)OCC(C)C. The van der Waals surface area contributed by atoms with E-state index in [1.807, 2.05) is 80.5 Å². The summed E-state index contributed by atoms with van der Waals surface area (Å²) >= 11 is 0. The van der Waals surface area contributed by atoms with Crippen molar-refractivity contribution in [3.8, 4) is 0 Å². The van der Waals surface area contributed by atoms with Crippen molar-refractivity contribution < 1.29 is 14.2 Å². The van der Waals surface area contributed by atoms with Crippen LogP contribution in [0.5, 0.6) is 0 Å². The maximum absolute atomic E-state index is 5.45. The van der Waals surface area contributed by atoms with E-state index in [1.54, 1.807) is 0 Å². The van der Waals surface area contributed by atoms with E-state index in [4.69, 9.17) is 14.2 Å². The van der Waals surface area contributed by atoms with Crippen LogP contribution in [-0.4, -0.2) is 18.3 Å². The molecule has 0 rings (SSSR count). The van der Waals surface area contributed by atoms with E-state index in [2.05, 4.69) is 27.7 Å². The summed E-state index contributed by atoms with van der Waals surface area (Å²) in [7, 11) is 0. The Morgan fingerprint density at radius 3 is 1.52 bits per heavy atom. The van der Waals surface area contributed by atoms with Crippen LogP contribution in [-0.2, 0) is 14.2 Å². The van der Waals surface area contributed by atoms with Crippen molar-refractivity contribution in [1.82, 2.24) is 0 Å². The monoisotopic (exact) mass is 384 g/mol. The van der Waals surface area contributed by atoms with Gasteiger partial charge in [-0.1, -0.05) is 26.8 Å². The highest BCUT2D eigenvalue weighted by Crippen LogP contribution is 2.12. The Bertz CT molecular complexity index is 423. The second-order valence-electron chi connectivity index (χ2n) is 7.95. The number of allylic oxidation sites excluding steroid dienone is 6. The van der Waals surface area contributed by atoms with Gasteiger partial charge in [0.05, 0.1) is 30.0 Å². The molecule has 0 saturated carbocycles. The Balaban J connectivity index is -0.000000320. The van der Waals surface area contributed by atoms with E-state index in [-0.39, 0.29) is 5.60 Å². The van der Waals surface area contributed by atoms with Crippen molar-refractivity contribution >= 4 is 0 Å². The van der Waals surface area contributed by atoms with Gasteiger partial charge in [-0.25, -0.2) is 0 Å². The Morgan fingerprint density at radius 2 is 1.26 bits per heavy atom. The molecule has 0 bridgehead atoms. The molecule has 0 aliphatic carbocycles. The highest BCUT2D eigenvalue weighted by atomic mass is 16.5. The first kappa shape index (κ1) is 30.4. The molecule has 0 aliphatic rings. The van der Waals surface area contributed by atoms with Crippen LogP contribution >= 0.6 is 0 Å². The van der Waals surface area contributed by atoms with E-state index < -0.39 is 0 Å². The Hall–Kier alpha value is -1.38. The lowest BCUT2D eigenvalue weighted by atomic mass is 10.2. The third-order valence-corrected chi connectivity index (χ3v) is 3.29. The van der Waals surface area contributed by atoms with Crippen molar-refractivity contribution in [3.05, 3.63) is 35.5 Å². The molecule has 0 amide bonds. The molecule has 0 aromatic heterocycles. The molecule has 0 spiro atoms. The van der Waals surface area contributed by atoms with Gasteiger partial charge in [-0.3, -0.25) is 0 Å². The summed E-state index contributed by atoms with van der Waals surface area (Å²) in [5, 5.41) is 0. The third-order valence-electron chi connectivity index (χ3n) is 3.29. The fourth-order valence-electron chi connectivity index (χ4n) is 1.39. The molecule has 0 radical (unpaired) electrons. The number of hydrogen-bond donors (Lipinski definition) is 0. The van der Waals surface area contributed by atoms with Crippen LogP contribution in [0.15, 0.2) is 35.5 Å². The van der Waals surface area contributed by atoms with Gasteiger partial charge in [0.25, 0.3) is 0 Å². The minimum atomic E-state index is -0.0450. The van der Waals surface area contributed by atoms with Crippen LogP contribution in [0.1, 0.15) is 96.4 Å². The molecule has 3 heteroatoms. The van der Waals surface area contributed by atoms with Crippen LogP contribution < -0.4 is 0 Å². The van der Waals surface area contributed by atoms with E-state index in [0.29, 0.717) is 12.0 Å². The summed E-state index contributed by atoms with van der Waals surface area (Å²) in [6.45, 7) is 27.3. The van der Waals surface area contributed by atoms with Gasteiger partial charge in [-0.15, -0.1) is 0 Å². The third kappa shape index (κ3) is 29.6. The largest absolute Gasteiger partial charge is 0.498 e. The van der Waals surface area contributed by atoms with Crippen molar-refractivity contribution in [1.29, 1.82) is 0 Å². The maximum Gasteiger partial charge on any atom is 0.100 e. The van der Waals surface area contributed by atoms with E-state index >= 15 is 0 Å². The minimum absolute atomic E-state index is 0.0450. The van der Waals surface area contributed by atoms with Gasteiger partial charge < -0.3 is 14.2 Å². The molecule has 27 heavy (non-hydrogen) atoms. The van der Waals surface area contributed by atoms with Crippen LogP contribution in [0.4, 0.5) is 0 Å². The van der Waals surface area contributed by atoms with Crippen molar-refractivity contribution in [3.63, 3.8) is 0 Å². The first-order chi connectivity index (χ1) is 12.3. The Kier molecular flexibility index (Phi) is 20.2. The topological polar surface area (TPSA) is 27.7 Å². The summed E-state index contributed by atoms with van der Waals surface area (Å²) in [6, 6.07) is 0. The molecule has 0 aliphatic heterocycles. The molecule has 1 atom stereocenters. The second-order valence-corrected chi connectivity index (χ2v) is 7.95. The molecule has 0 aromatic rings. The molecule has 3 nitrogen and oxygen atoms in total. The average Bonchev–Trinajstić information content (AvgIpc) is 2.58. The summed E-state index contributed by atoms with van der Waals surface area (Å²) in [5.74, 6) is 3.65. The summed E-state index contributed by atoms with van der Waals surface area (Å²) in [5.41, 5.74) is -0.0450. The lowest BCUT2D eigenvalue weighted by molar-refractivity contribution is 0.0531. The summed E-state index contributed by atoms with van der Waals surface area (Å²) in [4.78, 5) is 0. The fraction of sp³-hybridized carbons (Fsp3) is 0.750. The molecular formula is C24H48O3. The van der Waals surface area contributed by atoms with Gasteiger partial charge in [0.1, 0.15) is 5.60 Å². The normalized spacial score (nSPS) is 13.8. The molecule has 162 valence electrons. The van der Waals surface area contributed by atoms with Crippen LogP contribution in [0.2, 0.25) is 0 Å². The molecule has 0 heterocycles. The maximum atomic E-state index is 5.45. The van der Waals surface area contributed by atoms with Gasteiger partial charge in [0.2, 0.25) is 0 Å². The zero-order chi connectivity index (χ0) is 22.0. The molecule has 0 fully saturated rings. The van der Waals surface area contributed by atoms with Gasteiger partial charge in [0.15, 0.2) is 0 Å². The van der Waals surface area contributed by atoms with E-state index in [9.17, 15) is 0 Å². The van der Waals surface area contributed by atoms with Gasteiger partial charge in [0, 0.05) is 0 Å². The molecule has 0 aromatic carbocycles. The average molecular weight is 385 g/mol. The zero-order valence-electron chi connectivity index (χ0n) is 20.5. The Labute approximate surface area is 170 Å². The summed E-state index contributed by atoms with van der Waals surface area (Å²) in [6.07, 6.45) is 7.35. The first-order valence-electron chi connectivity index (χ1n) is 10.2. The highest BCUT2D eigenvalue weighted by Gasteiger charge is 2.09. The van der Waals surface area contributed by atoms with E-state index in [0.717, 1.165) is 30.3 Å². The minimum Gasteiger partial charge on any atom is -0.498 e. The van der Waals surface area contributed by atoms with Gasteiger partial charge in [-0.2, -0.15) is 0 Å². The number of ether oxygens (including phenoxy) is 3. The zero-order valence-corrected chi connectivity index (χ0v) is 20.5. The molecule has 0 N–H and O–H groups in total. The number of rotatable bonds is 7. The van der Waals surface area contributed by atoms with Crippen LogP contribution in [0.25, 0.3) is 0 Å². The predicted molar refractivity (Wildman–Crippen MR) is 121 cm³/mol. The highest BCUT2D eigenvalue weighted by molar-refractivity contribution is 4.87. The lowest BCUT2D eigenvalue weighted by Crippen LogP contribution is -2.17. The second kappa shape index (κ2) is 18.0. The van der Waals surface area contributed by atoms with Crippen molar-refractivity contribution in [2.75, 3.05) is 6.61 Å². The molecular weight excluding hydrogens is 336 g/mol. The van der Waals surface area contributed by atoms with E-state index in [1.165, 1.54) is 0 Å². The van der Waals surface area contributed by atoms with Crippen LogP contribution in [0, 0.1) is 5.92 Å². The van der Waals surface area contributed by atoms with Crippen molar-refractivity contribution in [2.45, 2.75) is 108 Å². The first-order valence-corrected chi connectivity index (χ1v) is 10.2. The molecule has 0 saturated heterocycles. The van der Waals surface area contributed by atoms with Crippen molar-refractivity contribution in [2.24, 2.45) is 5.92 Å². The standard InChI is InChI=1S/3C8H16O/c1-6-7(2)9-8(3,4)5;1-5-8(4)9-6-7(2)3;1-5-7(3)9-8(4)6-2/h6H,1-5H3;5,7H,6H2,1-4H3;5,8H,6H2,1-4H3. The molecule has 1 unspecified atom stereocenters. The van der Waals surface area contributed by atoms with Crippen LogP contribution in [0.3, 0.4) is 0 Å². The predicted octanol–water partition coefficient (Wildman–Crippen LogP) is 8.03. The lowest BCUT2D eigenvalue weighted by Gasteiger charge is -2.21. The van der Waals surface area contributed by atoms with Gasteiger partial charge in [-0.05, 0) is 93.7 Å². The smallest absolute Gasteiger partial charge is 0.100 e. The number of hydrogen-bond acceptors (Lipinski definition) is 3. The van der Waals surface area contributed by atoms with Gasteiger partial charge >= 0.3 is 0 Å².